The van der Waals surface area contributed by atoms with Gasteiger partial charge in [-0.1, -0.05) is 19.9 Å². The van der Waals surface area contributed by atoms with E-state index in [4.69, 9.17) is 0 Å². The summed E-state index contributed by atoms with van der Waals surface area (Å²) in [5.41, 5.74) is 0.955. The molecule has 0 fully saturated rings. The first-order chi connectivity index (χ1) is 8.97. The SMILES string of the molecule is CCCN(CC)S(=O)(=O)c1cc(CNC)ccc1Br. The smallest absolute Gasteiger partial charge is 0.244 e. The number of rotatable bonds is 7. The summed E-state index contributed by atoms with van der Waals surface area (Å²) in [7, 11) is -1.59. The van der Waals surface area contributed by atoms with Crippen molar-refractivity contribution in [1.29, 1.82) is 0 Å². The summed E-state index contributed by atoms with van der Waals surface area (Å²) >= 11 is 3.34. The van der Waals surface area contributed by atoms with Crippen molar-refractivity contribution in [2.45, 2.75) is 31.7 Å². The maximum absolute atomic E-state index is 12.6. The zero-order valence-corrected chi connectivity index (χ0v) is 14.0. The Morgan fingerprint density at radius 3 is 2.53 bits per heavy atom. The highest BCUT2D eigenvalue weighted by atomic mass is 79.9. The molecular formula is C13H21BrN2O2S. The van der Waals surface area contributed by atoms with E-state index in [0.29, 0.717) is 29.0 Å². The van der Waals surface area contributed by atoms with Crippen LogP contribution in [0.1, 0.15) is 25.8 Å². The maximum Gasteiger partial charge on any atom is 0.244 e. The zero-order chi connectivity index (χ0) is 14.5. The van der Waals surface area contributed by atoms with Gasteiger partial charge in [-0.05, 0) is 47.1 Å². The van der Waals surface area contributed by atoms with Crippen LogP contribution in [-0.2, 0) is 16.6 Å². The number of sulfonamides is 1. The third kappa shape index (κ3) is 4.02. The van der Waals surface area contributed by atoms with E-state index in [-0.39, 0.29) is 0 Å². The fourth-order valence-electron chi connectivity index (χ4n) is 1.90. The normalized spacial score (nSPS) is 12.1. The summed E-state index contributed by atoms with van der Waals surface area (Å²) in [6.07, 6.45) is 0.806. The minimum absolute atomic E-state index is 0.343. The third-order valence-corrected chi connectivity index (χ3v) is 5.79. The minimum Gasteiger partial charge on any atom is -0.316 e. The topological polar surface area (TPSA) is 49.4 Å². The number of halogens is 1. The van der Waals surface area contributed by atoms with Gasteiger partial charge in [0.15, 0.2) is 0 Å². The van der Waals surface area contributed by atoms with Crippen molar-refractivity contribution in [2.75, 3.05) is 20.1 Å². The lowest BCUT2D eigenvalue weighted by atomic mass is 10.2. The van der Waals surface area contributed by atoms with Crippen molar-refractivity contribution in [1.82, 2.24) is 9.62 Å². The second-order valence-electron chi connectivity index (χ2n) is 4.29. The van der Waals surface area contributed by atoms with E-state index < -0.39 is 10.0 Å². The van der Waals surface area contributed by atoms with Gasteiger partial charge in [-0.15, -0.1) is 0 Å². The van der Waals surface area contributed by atoms with Crippen molar-refractivity contribution < 1.29 is 8.42 Å². The Morgan fingerprint density at radius 2 is 2.00 bits per heavy atom. The van der Waals surface area contributed by atoms with Crippen LogP contribution in [0.5, 0.6) is 0 Å². The van der Waals surface area contributed by atoms with Crippen LogP contribution in [0.25, 0.3) is 0 Å². The van der Waals surface area contributed by atoms with Crippen LogP contribution >= 0.6 is 15.9 Å². The van der Waals surface area contributed by atoms with Crippen LogP contribution in [0.3, 0.4) is 0 Å². The van der Waals surface area contributed by atoms with Gasteiger partial charge >= 0.3 is 0 Å². The van der Waals surface area contributed by atoms with Gasteiger partial charge in [0.2, 0.25) is 10.0 Å². The Hall–Kier alpha value is -0.430. The van der Waals surface area contributed by atoms with Crippen LogP contribution in [0, 0.1) is 0 Å². The van der Waals surface area contributed by atoms with E-state index >= 15 is 0 Å². The minimum atomic E-state index is -3.43. The first-order valence-electron chi connectivity index (χ1n) is 6.40. The molecule has 0 saturated heterocycles. The standard InChI is InChI=1S/C13H21BrN2O2S/c1-4-8-16(5-2)19(17,18)13-9-11(10-15-3)6-7-12(13)14/h6-7,9,15H,4-5,8,10H2,1-3H3. The Labute approximate surface area is 124 Å². The lowest BCUT2D eigenvalue weighted by Crippen LogP contribution is -2.32. The molecule has 0 atom stereocenters. The second-order valence-corrected chi connectivity index (χ2v) is 7.05. The van der Waals surface area contributed by atoms with Gasteiger partial charge in [0, 0.05) is 24.1 Å². The molecule has 1 aromatic rings. The van der Waals surface area contributed by atoms with Crippen LogP contribution in [0.15, 0.2) is 27.6 Å². The van der Waals surface area contributed by atoms with E-state index in [0.717, 1.165) is 12.0 Å². The lowest BCUT2D eigenvalue weighted by Gasteiger charge is -2.21. The molecule has 0 aliphatic rings. The van der Waals surface area contributed by atoms with Gasteiger partial charge in [0.1, 0.15) is 0 Å². The summed E-state index contributed by atoms with van der Waals surface area (Å²) in [5.74, 6) is 0. The summed E-state index contributed by atoms with van der Waals surface area (Å²) in [6, 6.07) is 5.43. The van der Waals surface area contributed by atoms with Crippen molar-refractivity contribution in [2.24, 2.45) is 0 Å². The third-order valence-electron chi connectivity index (χ3n) is 2.82. The van der Waals surface area contributed by atoms with Crippen LogP contribution < -0.4 is 5.32 Å². The Morgan fingerprint density at radius 1 is 1.32 bits per heavy atom. The summed E-state index contributed by atoms with van der Waals surface area (Å²) in [6.45, 7) is 5.51. The van der Waals surface area contributed by atoms with Gasteiger partial charge in [-0.3, -0.25) is 0 Å². The van der Waals surface area contributed by atoms with E-state index in [1.165, 1.54) is 4.31 Å². The van der Waals surface area contributed by atoms with Crippen molar-refractivity contribution >= 4 is 26.0 Å². The van der Waals surface area contributed by atoms with E-state index in [2.05, 4.69) is 21.2 Å². The van der Waals surface area contributed by atoms with Gasteiger partial charge < -0.3 is 5.32 Å². The lowest BCUT2D eigenvalue weighted by molar-refractivity contribution is 0.426. The molecule has 0 aromatic heterocycles. The number of benzene rings is 1. The van der Waals surface area contributed by atoms with Crippen molar-refractivity contribution in [3.05, 3.63) is 28.2 Å². The molecule has 1 N–H and O–H groups in total. The van der Waals surface area contributed by atoms with Crippen LogP contribution in [0.2, 0.25) is 0 Å². The first-order valence-corrected chi connectivity index (χ1v) is 8.63. The molecule has 0 spiro atoms. The molecule has 0 heterocycles. The van der Waals surface area contributed by atoms with E-state index in [9.17, 15) is 8.42 Å². The predicted molar refractivity (Wildman–Crippen MR) is 81.6 cm³/mol. The monoisotopic (exact) mass is 348 g/mol. The highest BCUT2D eigenvalue weighted by molar-refractivity contribution is 9.10. The molecule has 0 saturated carbocycles. The largest absolute Gasteiger partial charge is 0.316 e. The fraction of sp³-hybridized carbons (Fsp3) is 0.538. The molecule has 108 valence electrons. The average Bonchev–Trinajstić information content (AvgIpc) is 2.38. The number of hydrogen-bond acceptors (Lipinski definition) is 3. The quantitative estimate of drug-likeness (QED) is 0.823. The highest BCUT2D eigenvalue weighted by Gasteiger charge is 2.24. The fourth-order valence-corrected chi connectivity index (χ4v) is 4.41. The Balaban J connectivity index is 3.22. The summed E-state index contributed by atoms with van der Waals surface area (Å²) in [4.78, 5) is 0.343. The van der Waals surface area contributed by atoms with Gasteiger partial charge in [-0.25, -0.2) is 8.42 Å². The Bertz CT molecular complexity index is 517. The number of hydrogen-bond donors (Lipinski definition) is 1. The van der Waals surface area contributed by atoms with Crippen molar-refractivity contribution in [3.63, 3.8) is 0 Å². The van der Waals surface area contributed by atoms with Crippen LogP contribution in [0.4, 0.5) is 0 Å². The second kappa shape index (κ2) is 7.38. The molecule has 0 bridgehead atoms. The zero-order valence-electron chi connectivity index (χ0n) is 11.6. The molecule has 19 heavy (non-hydrogen) atoms. The van der Waals surface area contributed by atoms with Crippen molar-refractivity contribution in [3.8, 4) is 0 Å². The number of nitrogens with zero attached hydrogens (tertiary/aromatic N) is 1. The maximum atomic E-state index is 12.6. The van der Waals surface area contributed by atoms with Gasteiger partial charge in [0.25, 0.3) is 0 Å². The molecule has 0 aliphatic carbocycles. The molecule has 0 unspecified atom stereocenters. The molecule has 0 amide bonds. The molecular weight excluding hydrogens is 328 g/mol. The van der Waals surface area contributed by atoms with E-state index in [1.807, 2.05) is 27.0 Å². The number of nitrogens with one attached hydrogen (secondary N) is 1. The molecule has 0 aliphatic heterocycles. The van der Waals surface area contributed by atoms with Gasteiger partial charge in [-0.2, -0.15) is 4.31 Å². The van der Waals surface area contributed by atoms with E-state index in [1.54, 1.807) is 12.1 Å². The van der Waals surface area contributed by atoms with Crippen LogP contribution in [-0.4, -0.2) is 32.9 Å². The highest BCUT2D eigenvalue weighted by Crippen LogP contribution is 2.26. The summed E-state index contributed by atoms with van der Waals surface area (Å²) < 4.78 is 27.3. The molecule has 1 rings (SSSR count). The predicted octanol–water partition coefficient (Wildman–Crippen LogP) is 2.59. The summed E-state index contributed by atoms with van der Waals surface area (Å²) in [5, 5.41) is 3.03. The molecule has 4 nitrogen and oxygen atoms in total. The molecule has 6 heteroatoms. The first kappa shape index (κ1) is 16.6. The molecule has 0 radical (unpaired) electrons. The Kier molecular flexibility index (Phi) is 6.46. The average molecular weight is 349 g/mol. The molecule has 1 aromatic carbocycles. The van der Waals surface area contributed by atoms with Gasteiger partial charge in [0.05, 0.1) is 4.90 Å².